The molecule has 1 aliphatic rings. The van der Waals surface area contributed by atoms with E-state index in [1.807, 2.05) is 88.4 Å². The van der Waals surface area contributed by atoms with Crippen LogP contribution in [0.15, 0.2) is 60.7 Å². The molecule has 1 saturated heterocycles. The van der Waals surface area contributed by atoms with Gasteiger partial charge >= 0.3 is 6.09 Å². The van der Waals surface area contributed by atoms with Crippen LogP contribution in [0.5, 0.6) is 0 Å². The van der Waals surface area contributed by atoms with Crippen molar-refractivity contribution >= 4 is 29.6 Å². The van der Waals surface area contributed by atoms with Gasteiger partial charge in [0.2, 0.25) is 17.7 Å². The van der Waals surface area contributed by atoms with Gasteiger partial charge in [0.15, 0.2) is 5.78 Å². The Morgan fingerprint density at radius 3 is 1.68 bits per heavy atom. The van der Waals surface area contributed by atoms with Gasteiger partial charge in [0.1, 0.15) is 29.3 Å². The molecule has 50 heavy (non-hydrogen) atoms. The summed E-state index contributed by atoms with van der Waals surface area (Å²) < 4.78 is 10.8. The molecule has 1 fully saturated rings. The van der Waals surface area contributed by atoms with E-state index in [1.54, 1.807) is 27.7 Å². The Balaban J connectivity index is 1.83. The van der Waals surface area contributed by atoms with Gasteiger partial charge in [-0.1, -0.05) is 88.4 Å². The Kier molecular flexibility index (Phi) is 14.6. The van der Waals surface area contributed by atoms with Gasteiger partial charge in [0.05, 0.1) is 12.6 Å². The lowest BCUT2D eigenvalue weighted by Crippen LogP contribution is -2.59. The first-order valence-corrected chi connectivity index (χ1v) is 17.6. The van der Waals surface area contributed by atoms with E-state index < -0.39 is 59.2 Å². The van der Waals surface area contributed by atoms with Crippen LogP contribution in [0.2, 0.25) is 0 Å². The molecule has 0 saturated carbocycles. The first-order valence-electron chi connectivity index (χ1n) is 17.6. The van der Waals surface area contributed by atoms with Crippen molar-refractivity contribution in [3.8, 4) is 0 Å². The van der Waals surface area contributed by atoms with Crippen LogP contribution in [0.3, 0.4) is 0 Å². The maximum atomic E-state index is 14.0. The van der Waals surface area contributed by atoms with Gasteiger partial charge in [-0.05, 0) is 76.3 Å². The van der Waals surface area contributed by atoms with Gasteiger partial charge in [0.25, 0.3) is 0 Å². The summed E-state index contributed by atoms with van der Waals surface area (Å²) in [5.74, 6) is -1.69. The van der Waals surface area contributed by atoms with Crippen molar-refractivity contribution in [2.45, 2.75) is 123 Å². The van der Waals surface area contributed by atoms with Crippen molar-refractivity contribution in [3.05, 3.63) is 71.8 Å². The number of epoxide rings is 1. The van der Waals surface area contributed by atoms with Crippen LogP contribution in [-0.2, 0) is 41.5 Å². The number of amides is 4. The SMILES string of the molecule is CC(C)CC(NC(=O)[C@H](CCc1ccccc1)NC(=O)OC(C)(C)C)C(=O)NC(Cc1ccccc1)C(=O)N[C@@H](CC(C)C)C(=O)C1(C)CO1. The lowest BCUT2D eigenvalue weighted by Gasteiger charge is -2.28. The molecule has 2 aromatic carbocycles. The fourth-order valence-electron chi connectivity index (χ4n) is 5.58. The van der Waals surface area contributed by atoms with Crippen LogP contribution in [0.1, 0.15) is 85.8 Å². The van der Waals surface area contributed by atoms with Crippen molar-refractivity contribution in [1.29, 1.82) is 0 Å². The van der Waals surface area contributed by atoms with Crippen molar-refractivity contribution in [2.24, 2.45) is 11.8 Å². The van der Waals surface area contributed by atoms with Gasteiger partial charge in [-0.3, -0.25) is 19.2 Å². The molecule has 11 heteroatoms. The molecule has 0 bridgehead atoms. The van der Waals surface area contributed by atoms with Gasteiger partial charge in [0, 0.05) is 6.42 Å². The highest BCUT2D eigenvalue weighted by atomic mass is 16.6. The maximum absolute atomic E-state index is 14.0. The number of hydrogen-bond acceptors (Lipinski definition) is 7. The van der Waals surface area contributed by atoms with E-state index in [0.29, 0.717) is 19.4 Å². The second-order valence-corrected chi connectivity index (χ2v) is 15.2. The lowest BCUT2D eigenvalue weighted by atomic mass is 9.93. The average Bonchev–Trinajstić information content (AvgIpc) is 3.79. The fourth-order valence-corrected chi connectivity index (χ4v) is 5.58. The number of carbonyl (C=O) groups is 5. The maximum Gasteiger partial charge on any atom is 0.408 e. The molecule has 11 nitrogen and oxygen atoms in total. The topological polar surface area (TPSA) is 155 Å². The molecular weight excluding hydrogens is 636 g/mol. The van der Waals surface area contributed by atoms with Crippen LogP contribution < -0.4 is 21.3 Å². The summed E-state index contributed by atoms with van der Waals surface area (Å²) in [6.07, 6.45) is 0.867. The number of nitrogens with one attached hydrogen (secondary N) is 4. The second-order valence-electron chi connectivity index (χ2n) is 15.2. The Hall–Kier alpha value is -4.25. The monoisotopic (exact) mass is 692 g/mol. The molecule has 3 unspecified atom stereocenters. The number of benzene rings is 2. The molecule has 0 aromatic heterocycles. The minimum atomic E-state index is -1.04. The highest BCUT2D eigenvalue weighted by Gasteiger charge is 2.50. The van der Waals surface area contributed by atoms with E-state index in [4.69, 9.17) is 9.47 Å². The molecule has 0 aliphatic carbocycles. The number of ether oxygens (including phenoxy) is 2. The average molecular weight is 693 g/mol. The van der Waals surface area contributed by atoms with E-state index in [9.17, 15) is 24.0 Å². The minimum absolute atomic E-state index is 0.00126. The lowest BCUT2D eigenvalue weighted by molar-refractivity contribution is -0.134. The van der Waals surface area contributed by atoms with Crippen LogP contribution in [0.4, 0.5) is 4.79 Å². The van der Waals surface area contributed by atoms with Crippen LogP contribution in [-0.4, -0.2) is 71.6 Å². The number of rotatable bonds is 18. The van der Waals surface area contributed by atoms with E-state index >= 15 is 0 Å². The molecule has 4 amide bonds. The Labute approximate surface area is 297 Å². The van der Waals surface area contributed by atoms with Crippen molar-refractivity contribution < 1.29 is 33.4 Å². The predicted molar refractivity (Wildman–Crippen MR) is 192 cm³/mol. The molecule has 0 radical (unpaired) electrons. The molecule has 3 rings (SSSR count). The first-order chi connectivity index (χ1) is 23.5. The van der Waals surface area contributed by atoms with Gasteiger partial charge < -0.3 is 30.7 Å². The summed E-state index contributed by atoms with van der Waals surface area (Å²) in [6, 6.07) is 15.0. The molecule has 1 heterocycles. The number of ketones is 1. The van der Waals surface area contributed by atoms with Gasteiger partial charge in [-0.25, -0.2) is 4.79 Å². The number of carbonyl (C=O) groups excluding carboxylic acids is 5. The normalized spacial score (nSPS) is 18.0. The largest absolute Gasteiger partial charge is 0.444 e. The van der Waals surface area contributed by atoms with Crippen LogP contribution >= 0.6 is 0 Å². The first kappa shape index (κ1) is 40.2. The zero-order chi connectivity index (χ0) is 37.1. The Bertz CT molecular complexity index is 1440. The smallest absolute Gasteiger partial charge is 0.408 e. The third-order valence-corrected chi connectivity index (χ3v) is 8.27. The predicted octanol–water partition coefficient (Wildman–Crippen LogP) is 4.66. The Morgan fingerprint density at radius 1 is 0.700 bits per heavy atom. The van der Waals surface area contributed by atoms with Crippen LogP contribution in [0.25, 0.3) is 0 Å². The summed E-state index contributed by atoms with van der Waals surface area (Å²) in [5, 5.41) is 11.3. The second kappa shape index (κ2) is 18.1. The Morgan fingerprint density at radius 2 is 1.16 bits per heavy atom. The zero-order valence-electron chi connectivity index (χ0n) is 30.8. The van der Waals surface area contributed by atoms with E-state index in [2.05, 4.69) is 21.3 Å². The van der Waals surface area contributed by atoms with Gasteiger partial charge in [-0.15, -0.1) is 0 Å². The summed E-state index contributed by atoms with van der Waals surface area (Å²) >= 11 is 0. The summed E-state index contributed by atoms with van der Waals surface area (Å²) in [4.78, 5) is 67.8. The molecular formula is C39H56N4O7. The number of alkyl carbamates (subject to hydrolysis) is 1. The third kappa shape index (κ3) is 13.6. The highest BCUT2D eigenvalue weighted by molar-refractivity contribution is 5.98. The molecule has 274 valence electrons. The minimum Gasteiger partial charge on any atom is -0.444 e. The van der Waals surface area contributed by atoms with Crippen molar-refractivity contribution in [1.82, 2.24) is 21.3 Å². The summed E-state index contributed by atoms with van der Waals surface area (Å²) in [5.41, 5.74) is 0.0894. The van der Waals surface area contributed by atoms with Gasteiger partial charge in [-0.2, -0.15) is 0 Å². The third-order valence-electron chi connectivity index (χ3n) is 8.27. The number of Topliss-reactive ketones (excluding diaryl/α,β-unsaturated/α-hetero) is 1. The van der Waals surface area contributed by atoms with E-state index in [1.165, 1.54) is 0 Å². The number of aryl methyl sites for hydroxylation is 1. The molecule has 5 atom stereocenters. The summed E-state index contributed by atoms with van der Waals surface area (Å²) in [6.45, 7) is 15.0. The van der Waals surface area contributed by atoms with E-state index in [0.717, 1.165) is 11.1 Å². The fraction of sp³-hybridized carbons (Fsp3) is 0.564. The molecule has 2 aromatic rings. The van der Waals surface area contributed by atoms with E-state index in [-0.39, 0.29) is 36.9 Å². The molecule has 4 N–H and O–H groups in total. The highest BCUT2D eigenvalue weighted by Crippen LogP contribution is 2.29. The van der Waals surface area contributed by atoms with Crippen LogP contribution in [0, 0.1) is 11.8 Å². The standard InChI is InChI=1S/C39H56N4O7/c1-25(2)21-30(33(44)39(8)24-49-39)40-36(47)32(23-28-17-13-10-14-18-28)42-35(46)31(22-26(3)4)41-34(45)29(43-37(48)50-38(5,6)7)20-19-27-15-11-9-12-16-27/h9-18,25-26,29-32H,19-24H2,1-8H3,(H,40,47)(H,41,45)(H,42,46)(H,43,48)/t29-,30-,31?,32?,39?/m0/s1. The van der Waals surface area contributed by atoms with Crippen molar-refractivity contribution in [3.63, 3.8) is 0 Å². The summed E-state index contributed by atoms with van der Waals surface area (Å²) in [7, 11) is 0. The van der Waals surface area contributed by atoms with Crippen molar-refractivity contribution in [2.75, 3.05) is 6.61 Å². The molecule has 1 aliphatic heterocycles. The number of hydrogen-bond donors (Lipinski definition) is 4. The zero-order valence-corrected chi connectivity index (χ0v) is 30.8. The quantitative estimate of drug-likeness (QED) is 0.166. The molecule has 0 spiro atoms.